The van der Waals surface area contributed by atoms with Gasteiger partial charge in [0.05, 0.1) is 6.04 Å². The predicted octanol–water partition coefficient (Wildman–Crippen LogP) is 0.539. The Labute approximate surface area is 103 Å². The standard InChI is InChI=1S/C12H24N4O/c1-10(12(13)14-17)16-8-6-15(7-9-16)5-4-11-2-3-11/h10-11,17H,2-9H2,1H3,(H2,13,14). The van der Waals surface area contributed by atoms with Gasteiger partial charge >= 0.3 is 0 Å². The van der Waals surface area contributed by atoms with Crippen molar-refractivity contribution in [2.75, 3.05) is 32.7 Å². The fourth-order valence-corrected chi connectivity index (χ4v) is 2.42. The molecule has 0 aromatic heterocycles. The van der Waals surface area contributed by atoms with Gasteiger partial charge in [0.1, 0.15) is 0 Å². The Hall–Kier alpha value is -0.810. The summed E-state index contributed by atoms with van der Waals surface area (Å²) in [6.07, 6.45) is 4.26. The summed E-state index contributed by atoms with van der Waals surface area (Å²) in [5.74, 6) is 1.33. The highest BCUT2D eigenvalue weighted by atomic mass is 16.4. The van der Waals surface area contributed by atoms with Gasteiger partial charge in [-0.15, -0.1) is 0 Å². The molecule has 1 aliphatic carbocycles. The Kier molecular flexibility index (Phi) is 4.23. The highest BCUT2D eigenvalue weighted by Crippen LogP contribution is 2.32. The summed E-state index contributed by atoms with van der Waals surface area (Å²) in [5, 5.41) is 11.8. The summed E-state index contributed by atoms with van der Waals surface area (Å²) in [7, 11) is 0. The number of oxime groups is 1. The van der Waals surface area contributed by atoms with Gasteiger partial charge in [-0.2, -0.15) is 0 Å². The molecule has 5 nitrogen and oxygen atoms in total. The van der Waals surface area contributed by atoms with Gasteiger partial charge in [-0.3, -0.25) is 4.90 Å². The molecule has 0 amide bonds. The lowest BCUT2D eigenvalue weighted by Gasteiger charge is -2.37. The SMILES string of the molecule is CC(C(N)=NO)N1CCN(CCC2CC2)CC1. The van der Waals surface area contributed by atoms with E-state index < -0.39 is 0 Å². The van der Waals surface area contributed by atoms with Crippen LogP contribution in [0.3, 0.4) is 0 Å². The Morgan fingerprint density at radius 2 is 2.00 bits per heavy atom. The Morgan fingerprint density at radius 1 is 1.35 bits per heavy atom. The highest BCUT2D eigenvalue weighted by Gasteiger charge is 2.25. The first-order chi connectivity index (χ1) is 8.20. The molecule has 0 spiro atoms. The number of rotatable bonds is 5. The highest BCUT2D eigenvalue weighted by molar-refractivity contribution is 5.84. The summed E-state index contributed by atoms with van der Waals surface area (Å²) in [6, 6.07) is 0.0468. The van der Waals surface area contributed by atoms with Crippen molar-refractivity contribution in [3.63, 3.8) is 0 Å². The minimum atomic E-state index is 0.0468. The molecule has 1 aliphatic heterocycles. The lowest BCUT2D eigenvalue weighted by atomic mass is 10.2. The first kappa shape index (κ1) is 12.6. The van der Waals surface area contributed by atoms with E-state index in [1.165, 1.54) is 25.8 Å². The third-order valence-electron chi connectivity index (χ3n) is 4.05. The molecule has 2 fully saturated rings. The molecule has 98 valence electrons. The van der Waals surface area contributed by atoms with Gasteiger partial charge in [0.2, 0.25) is 0 Å². The number of nitrogens with two attached hydrogens (primary N) is 1. The number of hydrogen-bond donors (Lipinski definition) is 2. The maximum Gasteiger partial charge on any atom is 0.156 e. The van der Waals surface area contributed by atoms with E-state index >= 15 is 0 Å². The van der Waals surface area contributed by atoms with Crippen molar-refractivity contribution in [2.24, 2.45) is 16.8 Å². The molecular formula is C12H24N4O. The number of hydrogen-bond acceptors (Lipinski definition) is 4. The number of nitrogens with zero attached hydrogens (tertiary/aromatic N) is 3. The fourth-order valence-electron chi connectivity index (χ4n) is 2.42. The summed E-state index contributed by atoms with van der Waals surface area (Å²) in [6.45, 7) is 7.49. The third kappa shape index (κ3) is 3.57. The van der Waals surface area contributed by atoms with Crippen molar-refractivity contribution in [1.29, 1.82) is 0 Å². The van der Waals surface area contributed by atoms with E-state index in [4.69, 9.17) is 10.9 Å². The Morgan fingerprint density at radius 3 is 2.53 bits per heavy atom. The second kappa shape index (κ2) is 5.69. The van der Waals surface area contributed by atoms with E-state index in [0.29, 0.717) is 5.84 Å². The third-order valence-corrected chi connectivity index (χ3v) is 4.05. The average Bonchev–Trinajstić information content (AvgIpc) is 3.19. The van der Waals surface area contributed by atoms with Crippen LogP contribution in [0.15, 0.2) is 5.16 Å². The lowest BCUT2D eigenvalue weighted by Crippen LogP contribution is -2.53. The Balaban J connectivity index is 1.69. The van der Waals surface area contributed by atoms with E-state index in [9.17, 15) is 0 Å². The van der Waals surface area contributed by atoms with Crippen LogP contribution in [0, 0.1) is 5.92 Å². The molecular weight excluding hydrogens is 216 g/mol. The predicted molar refractivity (Wildman–Crippen MR) is 68.2 cm³/mol. The topological polar surface area (TPSA) is 65.1 Å². The quantitative estimate of drug-likeness (QED) is 0.318. The summed E-state index contributed by atoms with van der Waals surface area (Å²) in [4.78, 5) is 4.82. The first-order valence-electron chi connectivity index (χ1n) is 6.64. The van der Waals surface area contributed by atoms with Crippen LogP contribution in [0.2, 0.25) is 0 Å². The fraction of sp³-hybridized carbons (Fsp3) is 0.917. The van der Waals surface area contributed by atoms with Crippen LogP contribution in [0.1, 0.15) is 26.2 Å². The van der Waals surface area contributed by atoms with Crippen molar-refractivity contribution in [3.8, 4) is 0 Å². The molecule has 1 unspecified atom stereocenters. The molecule has 1 saturated heterocycles. The van der Waals surface area contributed by atoms with E-state index in [0.717, 1.165) is 32.1 Å². The van der Waals surface area contributed by atoms with Crippen molar-refractivity contribution >= 4 is 5.84 Å². The van der Waals surface area contributed by atoms with Crippen molar-refractivity contribution in [1.82, 2.24) is 9.80 Å². The van der Waals surface area contributed by atoms with E-state index in [2.05, 4.69) is 15.0 Å². The normalized spacial score (nSPS) is 26.1. The van der Waals surface area contributed by atoms with Gasteiger partial charge in [-0.05, 0) is 25.8 Å². The van der Waals surface area contributed by atoms with Gasteiger partial charge in [-0.25, -0.2) is 0 Å². The largest absolute Gasteiger partial charge is 0.409 e. The zero-order valence-electron chi connectivity index (χ0n) is 10.7. The zero-order valence-corrected chi connectivity index (χ0v) is 10.7. The van der Waals surface area contributed by atoms with E-state index in [1.807, 2.05) is 6.92 Å². The van der Waals surface area contributed by atoms with Crippen LogP contribution in [-0.2, 0) is 0 Å². The van der Waals surface area contributed by atoms with Crippen molar-refractivity contribution in [3.05, 3.63) is 0 Å². The molecule has 2 aliphatic rings. The molecule has 2 rings (SSSR count). The van der Waals surface area contributed by atoms with Gasteiger partial charge in [-0.1, -0.05) is 18.0 Å². The second-order valence-electron chi connectivity index (χ2n) is 5.31. The van der Waals surface area contributed by atoms with Gasteiger partial charge < -0.3 is 15.8 Å². The molecule has 0 aromatic rings. The molecule has 1 atom stereocenters. The lowest BCUT2D eigenvalue weighted by molar-refractivity contribution is 0.119. The minimum Gasteiger partial charge on any atom is -0.409 e. The average molecular weight is 240 g/mol. The van der Waals surface area contributed by atoms with Crippen LogP contribution >= 0.6 is 0 Å². The monoisotopic (exact) mass is 240 g/mol. The van der Waals surface area contributed by atoms with Gasteiger partial charge in [0, 0.05) is 26.2 Å². The smallest absolute Gasteiger partial charge is 0.156 e. The Bertz CT molecular complexity index is 270. The van der Waals surface area contributed by atoms with Crippen molar-refractivity contribution < 1.29 is 5.21 Å². The van der Waals surface area contributed by atoms with Crippen LogP contribution in [0.5, 0.6) is 0 Å². The molecule has 3 N–H and O–H groups in total. The second-order valence-corrected chi connectivity index (χ2v) is 5.31. The van der Waals surface area contributed by atoms with Crippen LogP contribution < -0.4 is 5.73 Å². The maximum atomic E-state index is 8.67. The molecule has 1 heterocycles. The number of amidine groups is 1. The molecule has 5 heteroatoms. The van der Waals surface area contributed by atoms with Crippen LogP contribution in [0.4, 0.5) is 0 Å². The molecule has 1 saturated carbocycles. The molecule has 0 radical (unpaired) electrons. The van der Waals surface area contributed by atoms with E-state index in [1.54, 1.807) is 0 Å². The molecule has 0 bridgehead atoms. The van der Waals surface area contributed by atoms with Crippen LogP contribution in [0.25, 0.3) is 0 Å². The van der Waals surface area contributed by atoms with Crippen molar-refractivity contribution in [2.45, 2.75) is 32.2 Å². The maximum absolute atomic E-state index is 8.67. The summed E-state index contributed by atoms with van der Waals surface area (Å²) in [5.41, 5.74) is 5.63. The summed E-state index contributed by atoms with van der Waals surface area (Å²) < 4.78 is 0. The number of piperazine rings is 1. The van der Waals surface area contributed by atoms with Crippen LogP contribution in [-0.4, -0.2) is 59.6 Å². The summed E-state index contributed by atoms with van der Waals surface area (Å²) >= 11 is 0. The zero-order chi connectivity index (χ0) is 12.3. The van der Waals surface area contributed by atoms with Gasteiger partial charge in [0.25, 0.3) is 0 Å². The first-order valence-corrected chi connectivity index (χ1v) is 6.64. The van der Waals surface area contributed by atoms with E-state index in [-0.39, 0.29) is 6.04 Å². The van der Waals surface area contributed by atoms with Gasteiger partial charge in [0.15, 0.2) is 5.84 Å². The molecule has 17 heavy (non-hydrogen) atoms. The minimum absolute atomic E-state index is 0.0468. The molecule has 0 aromatic carbocycles.